The Balaban J connectivity index is 2.22. The molecular formula is C14H13NO2. The monoisotopic (exact) mass is 227 g/mol. The third-order valence-corrected chi connectivity index (χ3v) is 2.39. The van der Waals surface area contributed by atoms with Gasteiger partial charge in [0.15, 0.2) is 0 Å². The molecular weight excluding hydrogens is 214 g/mol. The van der Waals surface area contributed by atoms with Crippen LogP contribution in [0.4, 0.5) is 0 Å². The van der Waals surface area contributed by atoms with E-state index in [4.69, 9.17) is 4.74 Å². The molecule has 0 atom stereocenters. The van der Waals surface area contributed by atoms with Crippen LogP contribution in [0.3, 0.4) is 0 Å². The van der Waals surface area contributed by atoms with Crippen LogP contribution in [-0.4, -0.2) is 17.6 Å². The zero-order valence-electron chi connectivity index (χ0n) is 9.59. The number of hydrogen-bond donors (Lipinski definition) is 0. The summed E-state index contributed by atoms with van der Waals surface area (Å²) in [6.45, 7) is 2.19. The van der Waals surface area contributed by atoms with Crippen molar-refractivity contribution in [3.05, 3.63) is 54.4 Å². The Labute approximate surface area is 100 Å². The Morgan fingerprint density at radius 3 is 2.53 bits per heavy atom. The summed E-state index contributed by atoms with van der Waals surface area (Å²) in [7, 11) is 0. The summed E-state index contributed by atoms with van der Waals surface area (Å²) in [6.07, 6.45) is 3.52. The molecule has 0 radical (unpaired) electrons. The number of ether oxygens (including phenoxy) is 1. The van der Waals surface area contributed by atoms with Gasteiger partial charge in [0, 0.05) is 12.4 Å². The number of rotatable bonds is 3. The molecule has 0 aliphatic heterocycles. The van der Waals surface area contributed by atoms with Crippen LogP contribution in [0.5, 0.6) is 0 Å². The first-order valence-electron chi connectivity index (χ1n) is 5.49. The summed E-state index contributed by atoms with van der Waals surface area (Å²) in [4.78, 5) is 15.5. The molecule has 0 unspecified atom stereocenters. The second-order valence-electron chi connectivity index (χ2n) is 3.54. The van der Waals surface area contributed by atoms with E-state index in [0.29, 0.717) is 12.2 Å². The molecule has 2 rings (SSSR count). The van der Waals surface area contributed by atoms with E-state index in [1.165, 1.54) is 0 Å². The van der Waals surface area contributed by atoms with Gasteiger partial charge in [-0.1, -0.05) is 18.2 Å². The maximum atomic E-state index is 11.5. The van der Waals surface area contributed by atoms with Gasteiger partial charge in [-0.05, 0) is 36.2 Å². The highest BCUT2D eigenvalue weighted by Gasteiger charge is 2.05. The van der Waals surface area contributed by atoms with Gasteiger partial charge >= 0.3 is 5.97 Å². The first kappa shape index (κ1) is 11.3. The molecule has 0 bridgehead atoms. The topological polar surface area (TPSA) is 39.2 Å². The van der Waals surface area contributed by atoms with E-state index in [1.54, 1.807) is 31.5 Å². The van der Waals surface area contributed by atoms with Crippen LogP contribution in [0, 0.1) is 0 Å². The highest BCUT2D eigenvalue weighted by molar-refractivity contribution is 5.90. The largest absolute Gasteiger partial charge is 0.462 e. The lowest BCUT2D eigenvalue weighted by molar-refractivity contribution is 0.0526. The van der Waals surface area contributed by atoms with Gasteiger partial charge in [0.1, 0.15) is 0 Å². The molecule has 0 aliphatic carbocycles. The zero-order valence-corrected chi connectivity index (χ0v) is 9.59. The van der Waals surface area contributed by atoms with E-state index < -0.39 is 0 Å². The van der Waals surface area contributed by atoms with Crippen LogP contribution >= 0.6 is 0 Å². The SMILES string of the molecule is CCOC(=O)c1ccc(-c2cccnc2)cc1. The van der Waals surface area contributed by atoms with Crippen molar-refractivity contribution >= 4 is 5.97 Å². The van der Waals surface area contributed by atoms with E-state index in [-0.39, 0.29) is 5.97 Å². The lowest BCUT2D eigenvalue weighted by Crippen LogP contribution is -2.03. The van der Waals surface area contributed by atoms with E-state index >= 15 is 0 Å². The number of hydrogen-bond acceptors (Lipinski definition) is 3. The van der Waals surface area contributed by atoms with Crippen LogP contribution in [0.2, 0.25) is 0 Å². The van der Waals surface area contributed by atoms with Crippen molar-refractivity contribution in [1.29, 1.82) is 0 Å². The number of esters is 1. The molecule has 0 saturated heterocycles. The van der Waals surface area contributed by atoms with Crippen molar-refractivity contribution < 1.29 is 9.53 Å². The molecule has 86 valence electrons. The van der Waals surface area contributed by atoms with E-state index in [0.717, 1.165) is 11.1 Å². The highest BCUT2D eigenvalue weighted by atomic mass is 16.5. The third kappa shape index (κ3) is 2.69. The maximum absolute atomic E-state index is 11.5. The van der Waals surface area contributed by atoms with Crippen LogP contribution in [-0.2, 0) is 4.74 Å². The molecule has 1 heterocycles. The minimum atomic E-state index is -0.287. The Kier molecular flexibility index (Phi) is 3.50. The van der Waals surface area contributed by atoms with Crippen molar-refractivity contribution in [1.82, 2.24) is 4.98 Å². The highest BCUT2D eigenvalue weighted by Crippen LogP contribution is 2.18. The van der Waals surface area contributed by atoms with Crippen molar-refractivity contribution in [2.75, 3.05) is 6.61 Å². The Hall–Kier alpha value is -2.16. The standard InChI is InChI=1S/C14H13NO2/c1-2-17-14(16)12-7-5-11(6-8-12)13-4-3-9-15-10-13/h3-10H,2H2,1H3. The number of nitrogens with zero attached hydrogens (tertiary/aromatic N) is 1. The minimum Gasteiger partial charge on any atom is -0.462 e. The van der Waals surface area contributed by atoms with Gasteiger partial charge in [0.05, 0.1) is 12.2 Å². The predicted octanol–water partition coefficient (Wildman–Crippen LogP) is 2.93. The second-order valence-corrected chi connectivity index (χ2v) is 3.54. The lowest BCUT2D eigenvalue weighted by Gasteiger charge is -2.03. The number of carbonyl (C=O) groups excluding carboxylic acids is 1. The average Bonchev–Trinajstić information content (AvgIpc) is 2.40. The van der Waals surface area contributed by atoms with Crippen molar-refractivity contribution in [3.63, 3.8) is 0 Å². The summed E-state index contributed by atoms with van der Waals surface area (Å²) in [6, 6.07) is 11.2. The van der Waals surface area contributed by atoms with E-state index in [2.05, 4.69) is 4.98 Å². The van der Waals surface area contributed by atoms with Crippen molar-refractivity contribution in [2.45, 2.75) is 6.92 Å². The molecule has 17 heavy (non-hydrogen) atoms. The van der Waals surface area contributed by atoms with Crippen LogP contribution in [0.15, 0.2) is 48.8 Å². The molecule has 0 N–H and O–H groups in total. The predicted molar refractivity (Wildman–Crippen MR) is 65.6 cm³/mol. The Morgan fingerprint density at radius 1 is 1.18 bits per heavy atom. The van der Waals surface area contributed by atoms with E-state index in [1.807, 2.05) is 24.3 Å². The molecule has 0 fully saturated rings. The first-order valence-corrected chi connectivity index (χ1v) is 5.49. The molecule has 0 amide bonds. The summed E-state index contributed by atoms with van der Waals surface area (Å²) < 4.78 is 4.92. The van der Waals surface area contributed by atoms with Gasteiger partial charge in [-0.25, -0.2) is 4.79 Å². The molecule has 2 aromatic rings. The van der Waals surface area contributed by atoms with Gasteiger partial charge in [-0.3, -0.25) is 4.98 Å². The molecule has 3 heteroatoms. The van der Waals surface area contributed by atoms with Gasteiger partial charge in [0.25, 0.3) is 0 Å². The van der Waals surface area contributed by atoms with Gasteiger partial charge < -0.3 is 4.74 Å². The molecule has 0 aliphatic rings. The molecule has 1 aromatic carbocycles. The van der Waals surface area contributed by atoms with Crippen LogP contribution in [0.1, 0.15) is 17.3 Å². The molecule has 1 aromatic heterocycles. The van der Waals surface area contributed by atoms with Crippen LogP contribution in [0.25, 0.3) is 11.1 Å². The van der Waals surface area contributed by atoms with Gasteiger partial charge in [-0.2, -0.15) is 0 Å². The Bertz CT molecular complexity index is 491. The van der Waals surface area contributed by atoms with Gasteiger partial charge in [-0.15, -0.1) is 0 Å². The molecule has 0 saturated carbocycles. The fourth-order valence-electron chi connectivity index (χ4n) is 1.55. The summed E-state index contributed by atoms with van der Waals surface area (Å²) in [5, 5.41) is 0. The summed E-state index contributed by atoms with van der Waals surface area (Å²) in [5.41, 5.74) is 2.63. The summed E-state index contributed by atoms with van der Waals surface area (Å²) >= 11 is 0. The number of pyridine rings is 1. The normalized spacial score (nSPS) is 9.94. The number of benzene rings is 1. The second kappa shape index (κ2) is 5.25. The lowest BCUT2D eigenvalue weighted by atomic mass is 10.1. The number of aromatic nitrogens is 1. The molecule has 0 spiro atoms. The van der Waals surface area contributed by atoms with Crippen LogP contribution < -0.4 is 0 Å². The minimum absolute atomic E-state index is 0.287. The van der Waals surface area contributed by atoms with Crippen molar-refractivity contribution in [2.24, 2.45) is 0 Å². The Morgan fingerprint density at radius 2 is 1.94 bits per heavy atom. The van der Waals surface area contributed by atoms with Gasteiger partial charge in [0.2, 0.25) is 0 Å². The molecule has 3 nitrogen and oxygen atoms in total. The third-order valence-electron chi connectivity index (χ3n) is 2.39. The quantitative estimate of drug-likeness (QED) is 0.757. The first-order chi connectivity index (χ1) is 8.31. The summed E-state index contributed by atoms with van der Waals surface area (Å²) in [5.74, 6) is -0.287. The maximum Gasteiger partial charge on any atom is 0.338 e. The zero-order chi connectivity index (χ0) is 12.1. The fourth-order valence-corrected chi connectivity index (χ4v) is 1.55. The average molecular weight is 227 g/mol. The smallest absolute Gasteiger partial charge is 0.338 e. The number of carbonyl (C=O) groups is 1. The van der Waals surface area contributed by atoms with E-state index in [9.17, 15) is 4.79 Å². The van der Waals surface area contributed by atoms with Crippen molar-refractivity contribution in [3.8, 4) is 11.1 Å². The fraction of sp³-hybridized carbons (Fsp3) is 0.143.